The quantitative estimate of drug-likeness (QED) is 0.838. The zero-order valence-corrected chi connectivity index (χ0v) is 13.6. The molecule has 2 rings (SSSR count). The Kier molecular flexibility index (Phi) is 5.79. The largest absolute Gasteiger partial charge is 0.373 e. The van der Waals surface area contributed by atoms with Crippen LogP contribution in [0, 0.1) is 5.92 Å². The lowest BCUT2D eigenvalue weighted by Gasteiger charge is -2.22. The van der Waals surface area contributed by atoms with Crippen molar-refractivity contribution < 1.29 is 13.2 Å². The Balaban J connectivity index is 1.88. The molecule has 4 nitrogen and oxygen atoms in total. The third-order valence-corrected chi connectivity index (χ3v) is 5.90. The normalized spacial score (nSPS) is 24.1. The standard InChI is InChI=1S/C16H25NO3S/c1-3-21(18,19)12-13(2)17-11-15-9-10-20-16(15)14-7-5-4-6-8-14/h4-8,13,15-17H,3,9-12H2,1-2H3/t13-,15-,16-/m1/s1. The van der Waals surface area contributed by atoms with E-state index in [2.05, 4.69) is 17.4 Å². The fourth-order valence-electron chi connectivity index (χ4n) is 2.76. The average Bonchev–Trinajstić information content (AvgIpc) is 2.94. The molecule has 1 fully saturated rings. The molecule has 21 heavy (non-hydrogen) atoms. The number of rotatable bonds is 7. The van der Waals surface area contributed by atoms with Crippen LogP contribution in [0.2, 0.25) is 0 Å². The molecule has 0 aliphatic carbocycles. The van der Waals surface area contributed by atoms with Gasteiger partial charge in [0.1, 0.15) is 0 Å². The SMILES string of the molecule is CCS(=O)(=O)C[C@@H](C)NC[C@H]1CCO[C@@H]1c1ccccc1. The lowest BCUT2D eigenvalue weighted by Crippen LogP contribution is -2.37. The van der Waals surface area contributed by atoms with Crippen molar-refractivity contribution in [2.75, 3.05) is 24.7 Å². The van der Waals surface area contributed by atoms with Crippen molar-refractivity contribution >= 4 is 9.84 Å². The van der Waals surface area contributed by atoms with Crippen LogP contribution in [0.15, 0.2) is 30.3 Å². The first-order valence-electron chi connectivity index (χ1n) is 7.62. The van der Waals surface area contributed by atoms with Gasteiger partial charge in [0.05, 0.1) is 11.9 Å². The Labute approximate surface area is 127 Å². The summed E-state index contributed by atoms with van der Waals surface area (Å²) in [5.74, 6) is 0.810. The summed E-state index contributed by atoms with van der Waals surface area (Å²) in [5.41, 5.74) is 1.20. The van der Waals surface area contributed by atoms with E-state index in [-0.39, 0.29) is 23.7 Å². The van der Waals surface area contributed by atoms with Crippen LogP contribution in [0.5, 0.6) is 0 Å². The Morgan fingerprint density at radius 1 is 1.33 bits per heavy atom. The van der Waals surface area contributed by atoms with Gasteiger partial charge in [0.25, 0.3) is 0 Å². The second-order valence-corrected chi connectivity index (χ2v) is 8.16. The van der Waals surface area contributed by atoms with Crippen molar-refractivity contribution in [1.82, 2.24) is 5.32 Å². The van der Waals surface area contributed by atoms with Gasteiger partial charge in [-0.2, -0.15) is 0 Å². The van der Waals surface area contributed by atoms with Gasteiger partial charge in [0.15, 0.2) is 9.84 Å². The molecule has 0 unspecified atom stereocenters. The molecule has 1 aliphatic rings. The van der Waals surface area contributed by atoms with Gasteiger partial charge >= 0.3 is 0 Å². The van der Waals surface area contributed by atoms with Crippen LogP contribution in [0.25, 0.3) is 0 Å². The summed E-state index contributed by atoms with van der Waals surface area (Å²) >= 11 is 0. The summed E-state index contributed by atoms with van der Waals surface area (Å²) in [6, 6.07) is 10.2. The van der Waals surface area contributed by atoms with Gasteiger partial charge in [-0.05, 0) is 18.9 Å². The molecule has 1 heterocycles. The van der Waals surface area contributed by atoms with Crippen LogP contribution in [0.3, 0.4) is 0 Å². The Hall–Kier alpha value is -0.910. The molecule has 1 aromatic rings. The average molecular weight is 311 g/mol. The zero-order valence-electron chi connectivity index (χ0n) is 12.8. The molecule has 1 saturated heterocycles. The van der Waals surface area contributed by atoms with Gasteiger partial charge in [0, 0.05) is 30.9 Å². The van der Waals surface area contributed by atoms with Crippen LogP contribution in [-0.2, 0) is 14.6 Å². The third-order valence-electron chi connectivity index (χ3n) is 4.01. The molecule has 0 saturated carbocycles. The molecule has 0 spiro atoms. The van der Waals surface area contributed by atoms with Gasteiger partial charge in [-0.1, -0.05) is 37.3 Å². The Morgan fingerprint density at radius 3 is 2.71 bits per heavy atom. The summed E-state index contributed by atoms with van der Waals surface area (Å²) in [6.07, 6.45) is 1.13. The van der Waals surface area contributed by atoms with Crippen molar-refractivity contribution in [2.24, 2.45) is 5.92 Å². The van der Waals surface area contributed by atoms with E-state index in [0.29, 0.717) is 5.92 Å². The predicted octanol–water partition coefficient (Wildman–Crippen LogP) is 2.18. The second-order valence-electron chi connectivity index (χ2n) is 5.76. The van der Waals surface area contributed by atoms with E-state index in [1.165, 1.54) is 5.56 Å². The zero-order chi connectivity index (χ0) is 15.3. The molecular weight excluding hydrogens is 286 g/mol. The minimum atomic E-state index is -2.92. The van der Waals surface area contributed by atoms with E-state index in [9.17, 15) is 8.42 Å². The third kappa shape index (κ3) is 4.80. The van der Waals surface area contributed by atoms with Gasteiger partial charge in [-0.15, -0.1) is 0 Å². The maximum atomic E-state index is 11.6. The maximum Gasteiger partial charge on any atom is 0.151 e. The van der Waals surface area contributed by atoms with Crippen LogP contribution in [0.1, 0.15) is 31.9 Å². The number of ether oxygens (including phenoxy) is 1. The molecule has 1 aliphatic heterocycles. The molecule has 5 heteroatoms. The minimum absolute atomic E-state index is 0.0213. The number of benzene rings is 1. The number of hydrogen-bond acceptors (Lipinski definition) is 4. The van der Waals surface area contributed by atoms with Crippen LogP contribution in [-0.4, -0.2) is 39.1 Å². The molecule has 118 valence electrons. The summed E-state index contributed by atoms with van der Waals surface area (Å²) in [6.45, 7) is 5.19. The fraction of sp³-hybridized carbons (Fsp3) is 0.625. The number of sulfone groups is 1. The molecule has 0 bridgehead atoms. The lowest BCUT2D eigenvalue weighted by atomic mass is 9.95. The molecule has 0 radical (unpaired) electrons. The first-order valence-corrected chi connectivity index (χ1v) is 9.44. The van der Waals surface area contributed by atoms with Crippen molar-refractivity contribution in [3.05, 3.63) is 35.9 Å². The highest BCUT2D eigenvalue weighted by atomic mass is 32.2. The first kappa shape index (κ1) is 16.5. The Bertz CT molecular complexity index is 530. The molecule has 0 aromatic heterocycles. The van der Waals surface area contributed by atoms with E-state index < -0.39 is 9.84 Å². The fourth-order valence-corrected chi connectivity index (χ4v) is 3.88. The van der Waals surface area contributed by atoms with Gasteiger partial charge in [-0.3, -0.25) is 0 Å². The smallest absolute Gasteiger partial charge is 0.151 e. The predicted molar refractivity (Wildman–Crippen MR) is 85.0 cm³/mol. The molecular formula is C16H25NO3S. The van der Waals surface area contributed by atoms with Crippen LogP contribution >= 0.6 is 0 Å². The van der Waals surface area contributed by atoms with Crippen LogP contribution in [0.4, 0.5) is 0 Å². The molecule has 3 atom stereocenters. The van der Waals surface area contributed by atoms with Crippen LogP contribution < -0.4 is 5.32 Å². The minimum Gasteiger partial charge on any atom is -0.373 e. The molecule has 1 aromatic carbocycles. The highest BCUT2D eigenvalue weighted by Gasteiger charge is 2.29. The summed E-state index contributed by atoms with van der Waals surface area (Å²) in [4.78, 5) is 0. The summed E-state index contributed by atoms with van der Waals surface area (Å²) < 4.78 is 29.1. The number of hydrogen-bond donors (Lipinski definition) is 1. The molecule has 0 amide bonds. The summed E-state index contributed by atoms with van der Waals surface area (Å²) in [5, 5.41) is 3.36. The van der Waals surface area contributed by atoms with E-state index in [4.69, 9.17) is 4.74 Å². The Morgan fingerprint density at radius 2 is 2.05 bits per heavy atom. The van der Waals surface area contributed by atoms with Gasteiger partial charge < -0.3 is 10.1 Å². The first-order chi connectivity index (χ1) is 10.0. The highest BCUT2D eigenvalue weighted by molar-refractivity contribution is 7.91. The second kappa shape index (κ2) is 7.38. The maximum absolute atomic E-state index is 11.6. The van der Waals surface area contributed by atoms with Crippen molar-refractivity contribution in [3.63, 3.8) is 0 Å². The lowest BCUT2D eigenvalue weighted by molar-refractivity contribution is 0.0901. The van der Waals surface area contributed by atoms with Crippen molar-refractivity contribution in [2.45, 2.75) is 32.4 Å². The van der Waals surface area contributed by atoms with Gasteiger partial charge in [0.2, 0.25) is 0 Å². The molecule has 1 N–H and O–H groups in total. The topological polar surface area (TPSA) is 55.4 Å². The highest BCUT2D eigenvalue weighted by Crippen LogP contribution is 2.33. The van der Waals surface area contributed by atoms with E-state index in [1.807, 2.05) is 25.1 Å². The van der Waals surface area contributed by atoms with Crippen molar-refractivity contribution in [3.8, 4) is 0 Å². The van der Waals surface area contributed by atoms with Gasteiger partial charge in [-0.25, -0.2) is 8.42 Å². The summed E-state index contributed by atoms with van der Waals surface area (Å²) in [7, 11) is -2.92. The van der Waals surface area contributed by atoms with E-state index in [1.54, 1.807) is 6.92 Å². The van der Waals surface area contributed by atoms with E-state index >= 15 is 0 Å². The monoisotopic (exact) mass is 311 g/mol. The number of nitrogens with one attached hydrogen (secondary N) is 1. The van der Waals surface area contributed by atoms with E-state index in [0.717, 1.165) is 19.6 Å². The van der Waals surface area contributed by atoms with Crippen molar-refractivity contribution in [1.29, 1.82) is 0 Å².